The molecule has 2 aromatic rings. The summed E-state index contributed by atoms with van der Waals surface area (Å²) in [5.41, 5.74) is 1.54. The molecule has 2 atom stereocenters. The fourth-order valence-electron chi connectivity index (χ4n) is 4.03. The van der Waals surface area contributed by atoms with Crippen molar-refractivity contribution in [3.8, 4) is 5.75 Å². The van der Waals surface area contributed by atoms with Crippen LogP contribution in [-0.4, -0.2) is 50.6 Å². The number of para-hydroxylation sites is 1. The highest BCUT2D eigenvalue weighted by Gasteiger charge is 2.35. The Labute approximate surface area is 186 Å². The fourth-order valence-corrected chi connectivity index (χ4v) is 4.03. The fraction of sp³-hybridized carbons (Fsp3) is 0.375. The van der Waals surface area contributed by atoms with Crippen LogP contribution in [0, 0.1) is 5.92 Å². The summed E-state index contributed by atoms with van der Waals surface area (Å²) in [6.45, 7) is 1.44. The van der Waals surface area contributed by atoms with Gasteiger partial charge in [0, 0.05) is 31.8 Å². The molecule has 4 rings (SSSR count). The highest BCUT2D eigenvalue weighted by atomic mass is 16.5. The topological polar surface area (TPSA) is 97.0 Å². The molecule has 8 heteroatoms. The lowest BCUT2D eigenvalue weighted by Crippen LogP contribution is -2.33. The first-order valence-electron chi connectivity index (χ1n) is 10.8. The Balaban J connectivity index is 1.39. The first kappa shape index (κ1) is 21.8. The number of carbonyl (C=O) groups excluding carboxylic acids is 3. The largest absolute Gasteiger partial charge is 0.497 e. The first-order chi connectivity index (χ1) is 15.5. The minimum atomic E-state index is -0.507. The van der Waals surface area contributed by atoms with Gasteiger partial charge in [0.05, 0.1) is 30.4 Å². The molecule has 32 heavy (non-hydrogen) atoms. The molecule has 0 radical (unpaired) electrons. The molecule has 2 unspecified atom stereocenters. The lowest BCUT2D eigenvalue weighted by atomic mass is 10.1. The maximum absolute atomic E-state index is 12.9. The minimum absolute atomic E-state index is 0.0362. The molecule has 0 saturated carbocycles. The van der Waals surface area contributed by atoms with Crippen LogP contribution >= 0.6 is 0 Å². The summed E-state index contributed by atoms with van der Waals surface area (Å²) in [6, 6.07) is 14.0. The number of carbonyl (C=O) groups is 3. The zero-order valence-electron chi connectivity index (χ0n) is 18.0. The Morgan fingerprint density at radius 3 is 2.66 bits per heavy atom. The van der Waals surface area contributed by atoms with Crippen LogP contribution in [0.15, 0.2) is 48.5 Å². The highest BCUT2D eigenvalue weighted by Crippen LogP contribution is 2.28. The van der Waals surface area contributed by atoms with Crippen molar-refractivity contribution in [3.05, 3.63) is 54.1 Å². The Bertz CT molecular complexity index is 985. The number of rotatable bonds is 7. The van der Waals surface area contributed by atoms with Gasteiger partial charge >= 0.3 is 0 Å². The van der Waals surface area contributed by atoms with E-state index in [9.17, 15) is 14.4 Å². The van der Waals surface area contributed by atoms with Gasteiger partial charge in [0.2, 0.25) is 11.8 Å². The van der Waals surface area contributed by atoms with Gasteiger partial charge < -0.3 is 25.0 Å². The van der Waals surface area contributed by atoms with E-state index >= 15 is 0 Å². The second-order valence-corrected chi connectivity index (χ2v) is 7.98. The predicted molar refractivity (Wildman–Crippen MR) is 120 cm³/mol. The van der Waals surface area contributed by atoms with Gasteiger partial charge in [0.1, 0.15) is 5.75 Å². The molecule has 0 bridgehead atoms. The van der Waals surface area contributed by atoms with Crippen molar-refractivity contribution in [3.63, 3.8) is 0 Å². The zero-order valence-corrected chi connectivity index (χ0v) is 18.0. The Hall–Kier alpha value is -3.39. The summed E-state index contributed by atoms with van der Waals surface area (Å²) < 4.78 is 10.7. The van der Waals surface area contributed by atoms with Crippen molar-refractivity contribution in [2.45, 2.75) is 25.4 Å². The summed E-state index contributed by atoms with van der Waals surface area (Å²) >= 11 is 0. The molecule has 3 amide bonds. The molecule has 0 aliphatic carbocycles. The Morgan fingerprint density at radius 2 is 1.94 bits per heavy atom. The minimum Gasteiger partial charge on any atom is -0.497 e. The molecular formula is C24H27N3O5. The zero-order chi connectivity index (χ0) is 22.5. The standard InChI is InChI=1S/C24H27N3O5/c1-31-18-10-8-17(9-11-18)27-15-16(13-22(27)28)23(29)26-21-7-3-2-6-20(21)24(30)25-14-19-5-4-12-32-19/h2-3,6-11,16,19H,4-5,12-15H2,1H3,(H,25,30)(H,26,29). The van der Waals surface area contributed by atoms with E-state index in [-0.39, 0.29) is 36.8 Å². The SMILES string of the molecule is COc1ccc(N2CC(C(=O)Nc3ccccc3C(=O)NCC3CCCO3)CC2=O)cc1. The van der Waals surface area contributed by atoms with Gasteiger partial charge in [-0.1, -0.05) is 12.1 Å². The van der Waals surface area contributed by atoms with Crippen molar-refractivity contribution < 1.29 is 23.9 Å². The van der Waals surface area contributed by atoms with Crippen LogP contribution in [-0.2, 0) is 14.3 Å². The highest BCUT2D eigenvalue weighted by molar-refractivity contribution is 6.07. The number of anilines is 2. The molecule has 168 valence electrons. The van der Waals surface area contributed by atoms with Gasteiger partial charge in [0.15, 0.2) is 0 Å². The monoisotopic (exact) mass is 437 g/mol. The second kappa shape index (κ2) is 9.82. The van der Waals surface area contributed by atoms with Crippen LogP contribution in [0.25, 0.3) is 0 Å². The Kier molecular flexibility index (Phi) is 6.70. The number of hydrogen-bond donors (Lipinski definition) is 2. The number of benzene rings is 2. The molecular weight excluding hydrogens is 410 g/mol. The number of nitrogens with one attached hydrogen (secondary N) is 2. The second-order valence-electron chi connectivity index (χ2n) is 7.98. The van der Waals surface area contributed by atoms with Crippen LogP contribution in [0.3, 0.4) is 0 Å². The van der Waals surface area contributed by atoms with E-state index in [2.05, 4.69) is 10.6 Å². The lowest BCUT2D eigenvalue weighted by Gasteiger charge is -2.18. The molecule has 2 aliphatic rings. The molecule has 2 fully saturated rings. The molecule has 8 nitrogen and oxygen atoms in total. The van der Waals surface area contributed by atoms with Gasteiger partial charge in [-0.2, -0.15) is 0 Å². The van der Waals surface area contributed by atoms with E-state index in [1.165, 1.54) is 0 Å². The number of methoxy groups -OCH3 is 1. The predicted octanol–water partition coefficient (Wildman–Crippen LogP) is 2.60. The van der Waals surface area contributed by atoms with E-state index < -0.39 is 5.92 Å². The molecule has 2 aromatic carbocycles. The third kappa shape index (κ3) is 4.91. The third-order valence-electron chi connectivity index (χ3n) is 5.82. The van der Waals surface area contributed by atoms with Gasteiger partial charge in [0.25, 0.3) is 5.91 Å². The van der Waals surface area contributed by atoms with Crippen molar-refractivity contribution >= 4 is 29.1 Å². The number of ether oxygens (including phenoxy) is 2. The van der Waals surface area contributed by atoms with Crippen molar-refractivity contribution in [2.75, 3.05) is 37.0 Å². The summed E-state index contributed by atoms with van der Waals surface area (Å²) in [5, 5.41) is 5.72. The smallest absolute Gasteiger partial charge is 0.253 e. The maximum atomic E-state index is 12.9. The van der Waals surface area contributed by atoms with Crippen LogP contribution < -0.4 is 20.3 Å². The van der Waals surface area contributed by atoms with E-state index in [0.29, 0.717) is 23.5 Å². The number of amides is 3. The Morgan fingerprint density at radius 1 is 1.16 bits per heavy atom. The third-order valence-corrected chi connectivity index (χ3v) is 5.82. The van der Waals surface area contributed by atoms with Crippen LogP contribution in [0.5, 0.6) is 5.75 Å². The molecule has 2 N–H and O–H groups in total. The van der Waals surface area contributed by atoms with Crippen molar-refractivity contribution in [1.29, 1.82) is 0 Å². The molecule has 0 spiro atoms. The van der Waals surface area contributed by atoms with E-state index in [0.717, 1.165) is 25.1 Å². The summed E-state index contributed by atoms with van der Waals surface area (Å²) in [6.07, 6.45) is 2.08. The van der Waals surface area contributed by atoms with Gasteiger partial charge in [-0.3, -0.25) is 14.4 Å². The number of nitrogens with zero attached hydrogens (tertiary/aromatic N) is 1. The average molecular weight is 437 g/mol. The maximum Gasteiger partial charge on any atom is 0.253 e. The van der Waals surface area contributed by atoms with Crippen LogP contribution in [0.1, 0.15) is 29.6 Å². The summed E-state index contributed by atoms with van der Waals surface area (Å²) in [4.78, 5) is 39.7. The van der Waals surface area contributed by atoms with Gasteiger partial charge in [-0.25, -0.2) is 0 Å². The number of hydrogen-bond acceptors (Lipinski definition) is 5. The van der Waals surface area contributed by atoms with Gasteiger partial charge in [-0.05, 0) is 49.2 Å². The van der Waals surface area contributed by atoms with Crippen LogP contribution in [0.2, 0.25) is 0 Å². The summed E-state index contributed by atoms with van der Waals surface area (Å²) in [5.74, 6) is -0.470. The first-order valence-corrected chi connectivity index (χ1v) is 10.8. The van der Waals surface area contributed by atoms with Gasteiger partial charge in [-0.15, -0.1) is 0 Å². The van der Waals surface area contributed by atoms with Crippen molar-refractivity contribution in [2.24, 2.45) is 5.92 Å². The van der Waals surface area contributed by atoms with Crippen LogP contribution in [0.4, 0.5) is 11.4 Å². The van der Waals surface area contributed by atoms with E-state index in [1.54, 1.807) is 60.5 Å². The summed E-state index contributed by atoms with van der Waals surface area (Å²) in [7, 11) is 1.58. The molecule has 2 saturated heterocycles. The quantitative estimate of drug-likeness (QED) is 0.694. The molecule has 2 aliphatic heterocycles. The van der Waals surface area contributed by atoms with E-state index in [4.69, 9.17) is 9.47 Å². The normalized spacial score (nSPS) is 20.3. The molecule has 2 heterocycles. The van der Waals surface area contributed by atoms with Crippen molar-refractivity contribution in [1.82, 2.24) is 5.32 Å². The molecule has 0 aromatic heterocycles. The van der Waals surface area contributed by atoms with E-state index in [1.807, 2.05) is 0 Å². The lowest BCUT2D eigenvalue weighted by molar-refractivity contribution is -0.122. The average Bonchev–Trinajstić information content (AvgIpc) is 3.47.